The highest BCUT2D eigenvalue weighted by molar-refractivity contribution is 9.10. The summed E-state index contributed by atoms with van der Waals surface area (Å²) >= 11 is 4.42. The van der Waals surface area contributed by atoms with Crippen LogP contribution < -0.4 is 14.2 Å². The van der Waals surface area contributed by atoms with Crippen molar-refractivity contribution in [3.8, 4) is 17.2 Å². The molecule has 4 rings (SSSR count). The summed E-state index contributed by atoms with van der Waals surface area (Å²) in [5, 5.41) is -0.325. The quantitative estimate of drug-likeness (QED) is 0.329. The molecule has 1 aliphatic heterocycles. The first-order valence-corrected chi connectivity index (χ1v) is 12.0. The highest BCUT2D eigenvalue weighted by Gasteiger charge is 2.34. The van der Waals surface area contributed by atoms with Gasteiger partial charge in [0.15, 0.2) is 11.5 Å². The molecule has 0 aliphatic carbocycles. The van der Waals surface area contributed by atoms with Crippen LogP contribution in [0.3, 0.4) is 0 Å². The predicted octanol–water partition coefficient (Wildman–Crippen LogP) is 5.55. The number of ether oxygens (including phenoxy) is 3. The van der Waals surface area contributed by atoms with Crippen LogP contribution in [0, 0.1) is 0 Å². The third-order valence-electron chi connectivity index (χ3n) is 4.84. The molecule has 1 fully saturated rings. The van der Waals surface area contributed by atoms with E-state index in [1.165, 1.54) is 4.90 Å². The van der Waals surface area contributed by atoms with E-state index in [0.717, 1.165) is 17.5 Å². The fraction of sp³-hybridized carbons (Fsp3) is 0.160. The van der Waals surface area contributed by atoms with Crippen LogP contribution >= 0.6 is 27.7 Å². The molecule has 0 N–H and O–H groups in total. The number of imide groups is 1. The van der Waals surface area contributed by atoms with Crippen LogP contribution in [0.15, 0.2) is 76.2 Å². The topological polar surface area (TPSA) is 78.0 Å². The lowest BCUT2D eigenvalue weighted by Gasteiger charge is -2.14. The van der Waals surface area contributed by atoms with Gasteiger partial charge in [0, 0.05) is 6.20 Å². The van der Waals surface area contributed by atoms with E-state index >= 15 is 0 Å². The SMILES string of the molecule is COc1cc(/C=C2\SC(=O)N(CCOc3ccccc3)C2=O)cc(Br)c1OCc1ccccn1. The Hall–Kier alpha value is -3.30. The van der Waals surface area contributed by atoms with Gasteiger partial charge in [-0.05, 0) is 75.7 Å². The van der Waals surface area contributed by atoms with Crippen LogP contribution in [-0.4, -0.2) is 41.3 Å². The first-order valence-electron chi connectivity index (χ1n) is 10.4. The highest BCUT2D eigenvalue weighted by Crippen LogP contribution is 2.39. The number of hydrogen-bond donors (Lipinski definition) is 0. The summed E-state index contributed by atoms with van der Waals surface area (Å²) in [6, 6.07) is 18.4. The number of methoxy groups -OCH3 is 1. The van der Waals surface area contributed by atoms with Crippen molar-refractivity contribution in [2.24, 2.45) is 0 Å². The Bertz CT molecular complexity index is 1200. The Morgan fingerprint density at radius 3 is 2.59 bits per heavy atom. The molecule has 1 saturated heterocycles. The van der Waals surface area contributed by atoms with E-state index in [1.54, 1.807) is 25.4 Å². The molecule has 1 aromatic heterocycles. The van der Waals surface area contributed by atoms with Crippen molar-refractivity contribution >= 4 is 44.9 Å². The molecule has 2 aromatic carbocycles. The van der Waals surface area contributed by atoms with Crippen molar-refractivity contribution in [2.75, 3.05) is 20.3 Å². The molecule has 0 unspecified atom stereocenters. The van der Waals surface area contributed by atoms with Gasteiger partial charge in [0.05, 0.1) is 28.7 Å². The van der Waals surface area contributed by atoms with Crippen molar-refractivity contribution in [2.45, 2.75) is 6.61 Å². The minimum atomic E-state index is -0.350. The van der Waals surface area contributed by atoms with Gasteiger partial charge < -0.3 is 14.2 Å². The Morgan fingerprint density at radius 1 is 1.06 bits per heavy atom. The number of hydrogen-bond acceptors (Lipinski definition) is 7. The normalized spacial score (nSPS) is 14.5. The van der Waals surface area contributed by atoms with Crippen LogP contribution in [0.4, 0.5) is 4.79 Å². The van der Waals surface area contributed by atoms with Gasteiger partial charge in [-0.15, -0.1) is 0 Å². The average Bonchev–Trinajstić information content (AvgIpc) is 3.11. The molecule has 9 heteroatoms. The standard InChI is InChI=1S/C25H21BrN2O5S/c1-31-21-14-17(13-20(26)23(21)33-16-18-7-5-6-10-27-18)15-22-24(29)28(25(30)34-22)11-12-32-19-8-3-2-4-9-19/h2-10,13-15H,11-12,16H2,1H3/b22-15-. The zero-order valence-electron chi connectivity index (χ0n) is 18.3. The molecule has 3 aromatic rings. The number of amides is 2. The molecule has 7 nitrogen and oxygen atoms in total. The summed E-state index contributed by atoms with van der Waals surface area (Å²) in [6.45, 7) is 0.667. The second-order valence-electron chi connectivity index (χ2n) is 7.14. The van der Waals surface area contributed by atoms with Crippen molar-refractivity contribution < 1.29 is 23.8 Å². The molecular formula is C25H21BrN2O5S. The number of rotatable bonds is 9. The minimum absolute atomic E-state index is 0.171. The molecular weight excluding hydrogens is 520 g/mol. The molecule has 34 heavy (non-hydrogen) atoms. The Labute approximate surface area is 209 Å². The first-order chi connectivity index (χ1) is 16.5. The van der Waals surface area contributed by atoms with E-state index in [4.69, 9.17) is 14.2 Å². The minimum Gasteiger partial charge on any atom is -0.493 e. The maximum absolute atomic E-state index is 12.8. The second-order valence-corrected chi connectivity index (χ2v) is 8.99. The zero-order valence-corrected chi connectivity index (χ0v) is 20.7. The van der Waals surface area contributed by atoms with Gasteiger partial charge in [0.25, 0.3) is 11.1 Å². The monoisotopic (exact) mass is 540 g/mol. The number of para-hydroxylation sites is 1. The summed E-state index contributed by atoms with van der Waals surface area (Å²) < 4.78 is 17.7. The van der Waals surface area contributed by atoms with Gasteiger partial charge in [-0.3, -0.25) is 19.5 Å². The second kappa shape index (κ2) is 11.2. The summed E-state index contributed by atoms with van der Waals surface area (Å²) in [4.78, 5) is 31.0. The van der Waals surface area contributed by atoms with E-state index < -0.39 is 0 Å². The summed E-state index contributed by atoms with van der Waals surface area (Å²) in [5.74, 6) is 1.35. The van der Waals surface area contributed by atoms with E-state index in [2.05, 4.69) is 20.9 Å². The average molecular weight is 541 g/mol. The van der Waals surface area contributed by atoms with E-state index in [9.17, 15) is 9.59 Å². The summed E-state index contributed by atoms with van der Waals surface area (Å²) in [5.41, 5.74) is 1.48. The predicted molar refractivity (Wildman–Crippen MR) is 134 cm³/mol. The van der Waals surface area contributed by atoms with Gasteiger partial charge in [-0.2, -0.15) is 0 Å². The zero-order chi connectivity index (χ0) is 23.9. The molecule has 0 radical (unpaired) electrons. The molecule has 2 amide bonds. The molecule has 1 aliphatic rings. The maximum Gasteiger partial charge on any atom is 0.293 e. The number of benzene rings is 2. The Morgan fingerprint density at radius 2 is 1.85 bits per heavy atom. The molecule has 0 bridgehead atoms. The number of nitrogens with zero attached hydrogens (tertiary/aromatic N) is 2. The molecule has 0 atom stereocenters. The van der Waals surface area contributed by atoms with Gasteiger partial charge in [0.1, 0.15) is 19.0 Å². The van der Waals surface area contributed by atoms with Crippen molar-refractivity contribution in [1.29, 1.82) is 0 Å². The Kier molecular flexibility index (Phi) is 7.87. The number of pyridine rings is 1. The molecule has 2 heterocycles. The number of halogens is 1. The largest absolute Gasteiger partial charge is 0.493 e. The molecule has 0 saturated carbocycles. The van der Waals surface area contributed by atoms with E-state index in [1.807, 2.05) is 54.6 Å². The third-order valence-corrected chi connectivity index (χ3v) is 6.34. The fourth-order valence-electron chi connectivity index (χ4n) is 3.21. The fourth-order valence-corrected chi connectivity index (χ4v) is 4.65. The summed E-state index contributed by atoms with van der Waals surface area (Å²) in [7, 11) is 1.54. The number of aromatic nitrogens is 1. The van der Waals surface area contributed by atoms with Crippen LogP contribution in [-0.2, 0) is 11.4 Å². The van der Waals surface area contributed by atoms with Crippen molar-refractivity contribution in [1.82, 2.24) is 9.88 Å². The number of thioether (sulfide) groups is 1. The van der Waals surface area contributed by atoms with Gasteiger partial charge in [0.2, 0.25) is 0 Å². The van der Waals surface area contributed by atoms with Gasteiger partial charge in [-0.25, -0.2) is 0 Å². The lowest BCUT2D eigenvalue weighted by Crippen LogP contribution is -2.32. The highest BCUT2D eigenvalue weighted by atomic mass is 79.9. The third kappa shape index (κ3) is 5.78. The summed E-state index contributed by atoms with van der Waals surface area (Å²) in [6.07, 6.45) is 3.37. The van der Waals surface area contributed by atoms with Gasteiger partial charge >= 0.3 is 0 Å². The van der Waals surface area contributed by atoms with Crippen LogP contribution in [0.2, 0.25) is 0 Å². The number of carbonyl (C=O) groups is 2. The van der Waals surface area contributed by atoms with E-state index in [0.29, 0.717) is 32.2 Å². The lowest BCUT2D eigenvalue weighted by atomic mass is 10.2. The smallest absolute Gasteiger partial charge is 0.293 e. The van der Waals surface area contributed by atoms with Crippen molar-refractivity contribution in [3.63, 3.8) is 0 Å². The van der Waals surface area contributed by atoms with Gasteiger partial charge in [-0.1, -0.05) is 24.3 Å². The van der Waals surface area contributed by atoms with E-state index in [-0.39, 0.29) is 30.9 Å². The van der Waals surface area contributed by atoms with Crippen molar-refractivity contribution in [3.05, 3.63) is 87.5 Å². The first kappa shape index (κ1) is 23.8. The number of carbonyl (C=O) groups excluding carboxylic acids is 2. The van der Waals surface area contributed by atoms with Crippen LogP contribution in [0.1, 0.15) is 11.3 Å². The maximum atomic E-state index is 12.8. The van der Waals surface area contributed by atoms with Crippen LogP contribution in [0.25, 0.3) is 6.08 Å². The van der Waals surface area contributed by atoms with Crippen LogP contribution in [0.5, 0.6) is 17.2 Å². The Balaban J connectivity index is 1.44. The molecule has 174 valence electrons. The molecule has 0 spiro atoms. The lowest BCUT2D eigenvalue weighted by molar-refractivity contribution is -0.123.